The van der Waals surface area contributed by atoms with E-state index in [1.807, 2.05) is 0 Å². The molecule has 202 valence electrons. The Bertz CT molecular complexity index is 907. The number of hydrogen-bond donors (Lipinski definition) is 0. The quantitative estimate of drug-likeness (QED) is 0.126. The number of rotatable bonds is 19. The number of carbonyl (C=O) groups excluding carboxylic acids is 3. The monoisotopic (exact) mass is 512 g/mol. The lowest BCUT2D eigenvalue weighted by Crippen LogP contribution is -2.31. The van der Waals surface area contributed by atoms with E-state index in [0.29, 0.717) is 6.42 Å². The fraction of sp³-hybridized carbons (Fsp3) is 0.552. The van der Waals surface area contributed by atoms with Crippen LogP contribution in [0.15, 0.2) is 49.1 Å². The predicted octanol–water partition coefficient (Wildman–Crippen LogP) is 6.10. The van der Waals surface area contributed by atoms with Crippen LogP contribution in [0.25, 0.3) is 0 Å². The lowest BCUT2D eigenvalue weighted by molar-refractivity contribution is -0.147. The van der Waals surface area contributed by atoms with Gasteiger partial charge in [0.25, 0.3) is 0 Å². The molecule has 0 spiro atoms. The highest BCUT2D eigenvalue weighted by Crippen LogP contribution is 2.13. The van der Waals surface area contributed by atoms with E-state index in [2.05, 4.69) is 16.9 Å². The number of esters is 3. The van der Waals surface area contributed by atoms with E-state index in [0.717, 1.165) is 19.3 Å². The highest BCUT2D eigenvalue weighted by molar-refractivity contribution is 5.89. The highest BCUT2D eigenvalue weighted by Gasteiger charge is 2.21. The second-order valence-electron chi connectivity index (χ2n) is 9.08. The fourth-order valence-corrected chi connectivity index (χ4v) is 3.75. The van der Waals surface area contributed by atoms with Crippen molar-refractivity contribution in [3.8, 4) is 0 Å². The molecule has 8 nitrogen and oxygen atoms in total. The average molecular weight is 513 g/mol. The van der Waals surface area contributed by atoms with Gasteiger partial charge in [-0.2, -0.15) is 0 Å². The summed E-state index contributed by atoms with van der Waals surface area (Å²) in [6, 6.07) is 6.36. The van der Waals surface area contributed by atoms with Crippen molar-refractivity contribution < 1.29 is 28.6 Å². The van der Waals surface area contributed by atoms with E-state index in [1.54, 1.807) is 36.7 Å². The third-order valence-corrected chi connectivity index (χ3v) is 5.88. The van der Waals surface area contributed by atoms with Crippen molar-refractivity contribution >= 4 is 17.9 Å². The van der Waals surface area contributed by atoms with Crippen LogP contribution in [0.1, 0.15) is 105 Å². The summed E-state index contributed by atoms with van der Waals surface area (Å²) >= 11 is 0. The van der Waals surface area contributed by atoms with Crippen LogP contribution < -0.4 is 0 Å². The lowest BCUT2D eigenvalue weighted by atomic mass is 10.1. The molecule has 0 N–H and O–H groups in total. The second-order valence-corrected chi connectivity index (χ2v) is 9.08. The van der Waals surface area contributed by atoms with E-state index >= 15 is 0 Å². The molecule has 0 radical (unpaired) electrons. The van der Waals surface area contributed by atoms with Gasteiger partial charge in [0, 0.05) is 31.2 Å². The van der Waals surface area contributed by atoms with Crippen molar-refractivity contribution in [1.82, 2.24) is 9.97 Å². The zero-order valence-corrected chi connectivity index (χ0v) is 21.9. The molecule has 2 rings (SSSR count). The molecule has 0 aliphatic carbocycles. The first kappa shape index (κ1) is 29.9. The van der Waals surface area contributed by atoms with Crippen LogP contribution in [-0.2, 0) is 19.0 Å². The minimum atomic E-state index is -0.949. The zero-order chi connectivity index (χ0) is 26.6. The minimum absolute atomic E-state index is 0.205. The molecule has 0 unspecified atom stereocenters. The molecular formula is C29H40N2O6. The molecule has 0 amide bonds. The number of unbranched alkanes of at least 4 members (excludes halogenated alkanes) is 10. The zero-order valence-electron chi connectivity index (χ0n) is 21.9. The van der Waals surface area contributed by atoms with Gasteiger partial charge in [0.2, 0.25) is 0 Å². The molecule has 0 bridgehead atoms. The fourth-order valence-electron chi connectivity index (χ4n) is 3.75. The Hall–Kier alpha value is -3.29. The SMILES string of the molecule is CCCCCCCCCCCCCC(=O)OC[C@@H](COC(=O)c1cccnc1)OC(=O)c1cccnc1. The number of hydrogen-bond acceptors (Lipinski definition) is 8. The molecule has 8 heteroatoms. The van der Waals surface area contributed by atoms with E-state index in [4.69, 9.17) is 14.2 Å². The summed E-state index contributed by atoms with van der Waals surface area (Å²) < 4.78 is 16.0. The molecule has 2 aromatic rings. The van der Waals surface area contributed by atoms with Crippen LogP contribution in [0.5, 0.6) is 0 Å². The second kappa shape index (κ2) is 18.9. The molecule has 0 aromatic carbocycles. The number of carbonyl (C=O) groups is 3. The van der Waals surface area contributed by atoms with Crippen molar-refractivity contribution in [3.63, 3.8) is 0 Å². The Labute approximate surface area is 220 Å². The predicted molar refractivity (Wildman–Crippen MR) is 140 cm³/mol. The highest BCUT2D eigenvalue weighted by atomic mass is 16.6. The van der Waals surface area contributed by atoms with Crippen LogP contribution >= 0.6 is 0 Å². The normalized spacial score (nSPS) is 11.5. The van der Waals surface area contributed by atoms with Gasteiger partial charge in [-0.1, -0.05) is 71.1 Å². The smallest absolute Gasteiger partial charge is 0.340 e. The van der Waals surface area contributed by atoms with Gasteiger partial charge >= 0.3 is 17.9 Å². The van der Waals surface area contributed by atoms with E-state index < -0.39 is 18.0 Å². The van der Waals surface area contributed by atoms with Crippen molar-refractivity contribution in [2.75, 3.05) is 13.2 Å². The lowest BCUT2D eigenvalue weighted by Gasteiger charge is -2.18. The molecule has 0 aliphatic rings. The Kier molecular flexibility index (Phi) is 15.3. The summed E-state index contributed by atoms with van der Waals surface area (Å²) in [5.41, 5.74) is 0.520. The molecule has 1 atom stereocenters. The maximum atomic E-state index is 12.4. The van der Waals surface area contributed by atoms with Gasteiger partial charge in [-0.05, 0) is 30.7 Å². The van der Waals surface area contributed by atoms with E-state index in [9.17, 15) is 14.4 Å². The number of aromatic nitrogens is 2. The first-order valence-electron chi connectivity index (χ1n) is 13.4. The Morgan fingerprint density at radius 2 is 1.22 bits per heavy atom. The summed E-state index contributed by atoms with van der Waals surface area (Å²) in [4.78, 5) is 44.7. The Balaban J connectivity index is 1.69. The van der Waals surface area contributed by atoms with Crippen molar-refractivity contribution in [1.29, 1.82) is 0 Å². The molecule has 0 fully saturated rings. The molecule has 2 aromatic heterocycles. The van der Waals surface area contributed by atoms with Gasteiger partial charge in [-0.25, -0.2) is 9.59 Å². The van der Waals surface area contributed by atoms with Crippen molar-refractivity contribution in [3.05, 3.63) is 60.2 Å². The first-order chi connectivity index (χ1) is 18.1. The molecular weight excluding hydrogens is 472 g/mol. The van der Waals surface area contributed by atoms with Gasteiger partial charge in [0.1, 0.15) is 13.2 Å². The summed E-state index contributed by atoms with van der Waals surface area (Å²) in [7, 11) is 0. The Morgan fingerprint density at radius 1 is 0.703 bits per heavy atom. The maximum absolute atomic E-state index is 12.4. The first-order valence-corrected chi connectivity index (χ1v) is 13.4. The van der Waals surface area contributed by atoms with Crippen LogP contribution in [-0.4, -0.2) is 47.2 Å². The van der Waals surface area contributed by atoms with Gasteiger partial charge in [-0.15, -0.1) is 0 Å². The number of nitrogens with zero attached hydrogens (tertiary/aromatic N) is 2. The van der Waals surface area contributed by atoms with E-state index in [-0.39, 0.29) is 30.3 Å². The van der Waals surface area contributed by atoms with Gasteiger partial charge < -0.3 is 14.2 Å². The number of pyridine rings is 2. The third kappa shape index (κ3) is 13.6. The summed E-state index contributed by atoms with van der Waals surface area (Å²) in [5, 5.41) is 0. The molecule has 2 heterocycles. The van der Waals surface area contributed by atoms with Crippen molar-refractivity contribution in [2.45, 2.75) is 90.1 Å². The molecule has 37 heavy (non-hydrogen) atoms. The van der Waals surface area contributed by atoms with Crippen LogP contribution in [0.2, 0.25) is 0 Å². The average Bonchev–Trinajstić information content (AvgIpc) is 2.93. The van der Waals surface area contributed by atoms with Crippen LogP contribution in [0, 0.1) is 0 Å². The molecule has 0 saturated carbocycles. The largest absolute Gasteiger partial charge is 0.462 e. The Morgan fingerprint density at radius 3 is 1.76 bits per heavy atom. The minimum Gasteiger partial charge on any atom is -0.462 e. The van der Waals surface area contributed by atoms with Gasteiger partial charge in [-0.3, -0.25) is 14.8 Å². The molecule has 0 aliphatic heterocycles. The summed E-state index contributed by atoms with van der Waals surface area (Å²) in [6.07, 6.45) is 18.4. The van der Waals surface area contributed by atoms with Crippen LogP contribution in [0.3, 0.4) is 0 Å². The van der Waals surface area contributed by atoms with Gasteiger partial charge in [0.15, 0.2) is 6.10 Å². The third-order valence-electron chi connectivity index (χ3n) is 5.88. The maximum Gasteiger partial charge on any atom is 0.340 e. The number of ether oxygens (including phenoxy) is 3. The summed E-state index contributed by atoms with van der Waals surface area (Å²) in [6.45, 7) is 1.77. The van der Waals surface area contributed by atoms with Crippen molar-refractivity contribution in [2.24, 2.45) is 0 Å². The molecule has 0 saturated heterocycles. The standard InChI is InChI=1S/C29H40N2O6/c1-2-3-4-5-6-7-8-9-10-11-12-17-27(32)35-22-26(37-29(34)25-16-14-19-31-21-25)23-36-28(33)24-15-13-18-30-20-24/h13-16,18-21,26H,2-12,17,22-23H2,1H3/t26-/m0/s1. The van der Waals surface area contributed by atoms with Crippen LogP contribution in [0.4, 0.5) is 0 Å². The van der Waals surface area contributed by atoms with E-state index in [1.165, 1.54) is 63.8 Å². The summed E-state index contributed by atoms with van der Waals surface area (Å²) in [5.74, 6) is -1.61. The topological polar surface area (TPSA) is 105 Å². The van der Waals surface area contributed by atoms with Gasteiger partial charge in [0.05, 0.1) is 11.1 Å².